The molecule has 1 fully saturated rings. The molecule has 2 N–H and O–H groups in total. The summed E-state index contributed by atoms with van der Waals surface area (Å²) in [4.78, 5) is 14.2. The zero-order valence-corrected chi connectivity index (χ0v) is 11.4. The Morgan fingerprint density at radius 1 is 1.40 bits per heavy atom. The summed E-state index contributed by atoms with van der Waals surface area (Å²) in [5.74, 6) is 5.80. The van der Waals surface area contributed by atoms with Crippen molar-refractivity contribution < 1.29 is 15.0 Å². The Morgan fingerprint density at radius 2 is 2.25 bits per heavy atom. The van der Waals surface area contributed by atoms with Gasteiger partial charge in [0.25, 0.3) is 5.91 Å². The molecule has 20 heavy (non-hydrogen) atoms. The molecule has 1 aromatic rings. The van der Waals surface area contributed by atoms with E-state index in [0.717, 1.165) is 24.9 Å². The Kier molecular flexibility index (Phi) is 5.16. The van der Waals surface area contributed by atoms with E-state index in [0.29, 0.717) is 18.0 Å². The van der Waals surface area contributed by atoms with Gasteiger partial charge in [0.2, 0.25) is 0 Å². The molecule has 1 amide bonds. The van der Waals surface area contributed by atoms with Crippen LogP contribution in [0.2, 0.25) is 0 Å². The fourth-order valence-corrected chi connectivity index (χ4v) is 2.49. The highest BCUT2D eigenvalue weighted by Crippen LogP contribution is 2.21. The summed E-state index contributed by atoms with van der Waals surface area (Å²) < 4.78 is 0. The maximum atomic E-state index is 12.4. The van der Waals surface area contributed by atoms with Crippen LogP contribution in [0.25, 0.3) is 0 Å². The van der Waals surface area contributed by atoms with Crippen LogP contribution >= 0.6 is 0 Å². The van der Waals surface area contributed by atoms with Crippen LogP contribution in [-0.2, 0) is 0 Å². The van der Waals surface area contributed by atoms with Gasteiger partial charge in [-0.3, -0.25) is 4.79 Å². The highest BCUT2D eigenvalue weighted by molar-refractivity contribution is 5.94. The Balaban J connectivity index is 2.06. The molecule has 1 atom stereocenters. The monoisotopic (exact) mass is 273 g/mol. The number of rotatable bonds is 3. The summed E-state index contributed by atoms with van der Waals surface area (Å²) in [7, 11) is 0. The van der Waals surface area contributed by atoms with E-state index in [4.69, 9.17) is 10.2 Å². The maximum Gasteiger partial charge on any atom is 0.253 e. The van der Waals surface area contributed by atoms with Gasteiger partial charge in [-0.25, -0.2) is 0 Å². The zero-order chi connectivity index (χ0) is 14.4. The van der Waals surface area contributed by atoms with Crippen molar-refractivity contribution in [2.45, 2.75) is 12.8 Å². The van der Waals surface area contributed by atoms with Crippen LogP contribution in [0.5, 0.6) is 0 Å². The number of aliphatic hydroxyl groups excluding tert-OH is 2. The molecule has 1 aliphatic rings. The van der Waals surface area contributed by atoms with Gasteiger partial charge in [0, 0.05) is 30.8 Å². The molecule has 0 aliphatic carbocycles. The smallest absolute Gasteiger partial charge is 0.253 e. The van der Waals surface area contributed by atoms with Crippen molar-refractivity contribution in [1.82, 2.24) is 4.90 Å². The van der Waals surface area contributed by atoms with Crippen molar-refractivity contribution in [2.75, 3.05) is 26.3 Å². The first-order chi connectivity index (χ1) is 9.74. The van der Waals surface area contributed by atoms with Crippen molar-refractivity contribution in [2.24, 2.45) is 5.92 Å². The number of carbonyl (C=O) groups is 1. The van der Waals surface area contributed by atoms with Gasteiger partial charge in [0.1, 0.15) is 6.61 Å². The predicted octanol–water partition coefficient (Wildman–Crippen LogP) is 0.875. The van der Waals surface area contributed by atoms with Crippen LogP contribution in [0, 0.1) is 17.8 Å². The minimum atomic E-state index is -0.187. The molecule has 0 spiro atoms. The molecular formula is C16H19NO3. The molecule has 1 saturated heterocycles. The Morgan fingerprint density at radius 3 is 3.00 bits per heavy atom. The van der Waals surface area contributed by atoms with Crippen molar-refractivity contribution in [1.29, 1.82) is 0 Å². The second kappa shape index (κ2) is 7.09. The average Bonchev–Trinajstić information content (AvgIpc) is 2.93. The van der Waals surface area contributed by atoms with Crippen LogP contribution in [0.3, 0.4) is 0 Å². The van der Waals surface area contributed by atoms with E-state index in [1.165, 1.54) is 0 Å². The highest BCUT2D eigenvalue weighted by atomic mass is 16.3. The standard InChI is InChI=1S/C16H19NO3/c18-9-2-4-13-3-1-5-15(11-13)16(20)17-8-6-14(12-17)7-10-19/h1,3,5,11,14,18-19H,6-10,12H2. The highest BCUT2D eigenvalue weighted by Gasteiger charge is 2.26. The molecule has 1 unspecified atom stereocenters. The van der Waals surface area contributed by atoms with Gasteiger partial charge in [-0.15, -0.1) is 0 Å². The lowest BCUT2D eigenvalue weighted by atomic mass is 10.1. The van der Waals surface area contributed by atoms with E-state index < -0.39 is 0 Å². The normalized spacial score (nSPS) is 17.7. The largest absolute Gasteiger partial charge is 0.396 e. The summed E-state index contributed by atoms with van der Waals surface area (Å²) in [6, 6.07) is 7.16. The Bertz CT molecular complexity index is 530. The van der Waals surface area contributed by atoms with Gasteiger partial charge in [-0.05, 0) is 37.0 Å². The van der Waals surface area contributed by atoms with Crippen LogP contribution in [0.15, 0.2) is 24.3 Å². The van der Waals surface area contributed by atoms with Crippen molar-refractivity contribution >= 4 is 5.91 Å². The zero-order valence-electron chi connectivity index (χ0n) is 11.4. The quantitative estimate of drug-likeness (QED) is 0.804. The topological polar surface area (TPSA) is 60.8 Å². The number of carbonyl (C=O) groups excluding carboxylic acids is 1. The Labute approximate surface area is 119 Å². The molecule has 1 aliphatic heterocycles. The van der Waals surface area contributed by atoms with Crippen LogP contribution in [0.4, 0.5) is 0 Å². The van der Waals surface area contributed by atoms with Gasteiger partial charge < -0.3 is 15.1 Å². The minimum absolute atomic E-state index is 0.0121. The molecule has 2 rings (SSSR count). The van der Waals surface area contributed by atoms with Crippen LogP contribution < -0.4 is 0 Å². The number of benzene rings is 1. The lowest BCUT2D eigenvalue weighted by Crippen LogP contribution is -2.28. The third-order valence-electron chi connectivity index (χ3n) is 3.53. The van der Waals surface area contributed by atoms with E-state index in [2.05, 4.69) is 11.8 Å². The molecule has 4 heteroatoms. The van der Waals surface area contributed by atoms with E-state index in [9.17, 15) is 4.79 Å². The maximum absolute atomic E-state index is 12.4. The van der Waals surface area contributed by atoms with Gasteiger partial charge in [-0.2, -0.15) is 0 Å². The first-order valence-electron chi connectivity index (χ1n) is 6.84. The fraction of sp³-hybridized carbons (Fsp3) is 0.438. The van der Waals surface area contributed by atoms with Crippen molar-refractivity contribution in [3.63, 3.8) is 0 Å². The van der Waals surface area contributed by atoms with Crippen LogP contribution in [0.1, 0.15) is 28.8 Å². The number of hydrogen-bond donors (Lipinski definition) is 2. The van der Waals surface area contributed by atoms with Gasteiger partial charge in [-0.1, -0.05) is 17.9 Å². The summed E-state index contributed by atoms with van der Waals surface area (Å²) >= 11 is 0. The lowest BCUT2D eigenvalue weighted by Gasteiger charge is -2.16. The number of nitrogens with zero attached hydrogens (tertiary/aromatic N) is 1. The summed E-state index contributed by atoms with van der Waals surface area (Å²) in [6.45, 7) is 1.45. The van der Waals surface area contributed by atoms with Crippen molar-refractivity contribution in [3.05, 3.63) is 35.4 Å². The average molecular weight is 273 g/mol. The molecule has 0 bridgehead atoms. The second-order valence-corrected chi connectivity index (χ2v) is 4.96. The van der Waals surface area contributed by atoms with Crippen LogP contribution in [-0.4, -0.2) is 47.3 Å². The number of likely N-dealkylation sites (tertiary alicyclic amines) is 1. The number of hydrogen-bond acceptors (Lipinski definition) is 3. The van der Waals surface area contributed by atoms with E-state index in [1.54, 1.807) is 18.2 Å². The summed E-state index contributed by atoms with van der Waals surface area (Å²) in [6.07, 6.45) is 1.71. The molecule has 1 heterocycles. The second-order valence-electron chi connectivity index (χ2n) is 4.96. The van der Waals surface area contributed by atoms with E-state index in [1.807, 2.05) is 11.0 Å². The molecule has 0 aromatic heterocycles. The predicted molar refractivity (Wildman–Crippen MR) is 76.1 cm³/mol. The van der Waals surface area contributed by atoms with E-state index >= 15 is 0 Å². The molecular weight excluding hydrogens is 254 g/mol. The Hall–Kier alpha value is -1.83. The number of amides is 1. The molecule has 0 saturated carbocycles. The molecule has 4 nitrogen and oxygen atoms in total. The van der Waals surface area contributed by atoms with Gasteiger partial charge in [0.15, 0.2) is 0 Å². The molecule has 1 aromatic carbocycles. The molecule has 106 valence electrons. The van der Waals surface area contributed by atoms with E-state index in [-0.39, 0.29) is 19.1 Å². The minimum Gasteiger partial charge on any atom is -0.396 e. The third kappa shape index (κ3) is 3.60. The molecule has 0 radical (unpaired) electrons. The lowest BCUT2D eigenvalue weighted by molar-refractivity contribution is 0.0784. The van der Waals surface area contributed by atoms with Gasteiger partial charge >= 0.3 is 0 Å². The first kappa shape index (κ1) is 14.6. The SMILES string of the molecule is O=C(c1cccc(C#CCO)c1)N1CCC(CCO)C1. The van der Waals surface area contributed by atoms with Gasteiger partial charge in [0.05, 0.1) is 0 Å². The summed E-state index contributed by atoms with van der Waals surface area (Å²) in [5, 5.41) is 17.6. The summed E-state index contributed by atoms with van der Waals surface area (Å²) in [5.41, 5.74) is 1.36. The fourth-order valence-electron chi connectivity index (χ4n) is 2.49. The van der Waals surface area contributed by atoms with Crippen molar-refractivity contribution in [3.8, 4) is 11.8 Å². The first-order valence-corrected chi connectivity index (χ1v) is 6.84. The third-order valence-corrected chi connectivity index (χ3v) is 3.53. The number of aliphatic hydroxyl groups is 2.